The van der Waals surface area contributed by atoms with Gasteiger partial charge in [0.25, 0.3) is 5.91 Å². The van der Waals surface area contributed by atoms with Crippen LogP contribution in [0.15, 0.2) is 52.4 Å². The molecule has 2 aromatic rings. The largest absolute Gasteiger partial charge is 0.490 e. The van der Waals surface area contributed by atoms with Crippen molar-refractivity contribution < 1.29 is 33.7 Å². The summed E-state index contributed by atoms with van der Waals surface area (Å²) in [5, 5.41) is 9.37. The molecular weight excluding hydrogens is 460 g/mol. The highest BCUT2D eigenvalue weighted by Crippen LogP contribution is 2.36. The van der Waals surface area contributed by atoms with Crippen molar-refractivity contribution in [3.63, 3.8) is 0 Å². The minimum Gasteiger partial charge on any atom is -0.490 e. The third-order valence-corrected chi connectivity index (χ3v) is 5.64. The SMILES string of the molecule is CCOc1cc(/C=C2/SC(=Nc3ccc(C(=O)OC)cc3)N(CC)C2=O)ccc1OCC(=O)O. The fraction of sp³-hybridized carbons (Fsp3) is 0.250. The van der Waals surface area contributed by atoms with Crippen molar-refractivity contribution in [2.24, 2.45) is 4.99 Å². The lowest BCUT2D eigenvalue weighted by molar-refractivity contribution is -0.139. The first-order valence-corrected chi connectivity index (χ1v) is 11.3. The van der Waals surface area contributed by atoms with Gasteiger partial charge in [-0.15, -0.1) is 0 Å². The molecule has 1 heterocycles. The van der Waals surface area contributed by atoms with Gasteiger partial charge >= 0.3 is 11.9 Å². The summed E-state index contributed by atoms with van der Waals surface area (Å²) in [6.45, 7) is 3.99. The normalized spacial score (nSPS) is 15.6. The average Bonchev–Trinajstić information content (AvgIpc) is 3.12. The van der Waals surface area contributed by atoms with E-state index in [1.807, 2.05) is 13.8 Å². The Morgan fingerprint density at radius 1 is 1.09 bits per heavy atom. The molecule has 1 aliphatic rings. The maximum Gasteiger partial charge on any atom is 0.341 e. The number of aliphatic imine (C=N–C) groups is 1. The van der Waals surface area contributed by atoms with E-state index < -0.39 is 18.5 Å². The van der Waals surface area contributed by atoms with Gasteiger partial charge in [-0.3, -0.25) is 9.69 Å². The average molecular weight is 485 g/mol. The van der Waals surface area contributed by atoms with Crippen LogP contribution in [0.4, 0.5) is 5.69 Å². The van der Waals surface area contributed by atoms with E-state index in [1.165, 1.54) is 18.9 Å². The maximum absolute atomic E-state index is 13.0. The molecule has 0 atom stereocenters. The molecule has 2 aromatic carbocycles. The third-order valence-electron chi connectivity index (χ3n) is 4.63. The first-order chi connectivity index (χ1) is 16.4. The molecule has 9 nitrogen and oxygen atoms in total. The highest BCUT2D eigenvalue weighted by molar-refractivity contribution is 8.18. The lowest BCUT2D eigenvalue weighted by atomic mass is 10.2. The van der Waals surface area contributed by atoms with E-state index in [2.05, 4.69) is 4.99 Å². The Balaban J connectivity index is 1.86. The van der Waals surface area contributed by atoms with Crippen LogP contribution in [0, 0.1) is 0 Å². The van der Waals surface area contributed by atoms with Gasteiger partial charge in [0.1, 0.15) is 0 Å². The highest BCUT2D eigenvalue weighted by atomic mass is 32.2. The number of rotatable bonds is 9. The summed E-state index contributed by atoms with van der Waals surface area (Å²) in [6, 6.07) is 11.6. The molecule has 10 heteroatoms. The number of likely N-dealkylation sites (N-methyl/N-ethyl adjacent to an activating group) is 1. The first kappa shape index (κ1) is 24.8. The van der Waals surface area contributed by atoms with Crippen molar-refractivity contribution in [3.05, 3.63) is 58.5 Å². The minimum atomic E-state index is -1.09. The predicted molar refractivity (Wildman–Crippen MR) is 129 cm³/mol. The van der Waals surface area contributed by atoms with Gasteiger partial charge in [-0.25, -0.2) is 14.6 Å². The smallest absolute Gasteiger partial charge is 0.341 e. The van der Waals surface area contributed by atoms with E-state index in [-0.39, 0.29) is 5.91 Å². The summed E-state index contributed by atoms with van der Waals surface area (Å²) in [5.41, 5.74) is 1.71. The fourth-order valence-electron chi connectivity index (χ4n) is 3.06. The topological polar surface area (TPSA) is 115 Å². The highest BCUT2D eigenvalue weighted by Gasteiger charge is 2.32. The number of amides is 1. The zero-order valence-corrected chi connectivity index (χ0v) is 19.8. The van der Waals surface area contributed by atoms with Gasteiger partial charge in [0.15, 0.2) is 23.3 Å². The summed E-state index contributed by atoms with van der Waals surface area (Å²) < 4.78 is 15.5. The molecule has 0 unspecified atom stereocenters. The van der Waals surface area contributed by atoms with Gasteiger partial charge in [0.05, 0.1) is 29.9 Å². The number of esters is 1. The van der Waals surface area contributed by atoms with Crippen molar-refractivity contribution in [2.45, 2.75) is 13.8 Å². The number of hydrogen-bond donors (Lipinski definition) is 1. The molecule has 1 fully saturated rings. The molecular formula is C24H24N2O7S. The molecule has 0 radical (unpaired) electrons. The Kier molecular flexibility index (Phi) is 8.31. The number of carboxylic acid groups (broad SMARTS) is 1. The summed E-state index contributed by atoms with van der Waals surface area (Å²) in [5.74, 6) is -1.00. The molecule has 3 rings (SSSR count). The molecule has 0 aromatic heterocycles. The number of carbonyl (C=O) groups excluding carboxylic acids is 2. The number of carboxylic acids is 1. The van der Waals surface area contributed by atoms with Crippen molar-refractivity contribution in [1.82, 2.24) is 4.90 Å². The maximum atomic E-state index is 13.0. The van der Waals surface area contributed by atoms with Crippen LogP contribution in [0.2, 0.25) is 0 Å². The van der Waals surface area contributed by atoms with Crippen molar-refractivity contribution in [1.29, 1.82) is 0 Å². The number of hydrogen-bond acceptors (Lipinski definition) is 8. The van der Waals surface area contributed by atoms with E-state index in [1.54, 1.807) is 53.4 Å². The number of methoxy groups -OCH3 is 1. The number of nitrogens with zero attached hydrogens (tertiary/aromatic N) is 2. The van der Waals surface area contributed by atoms with Crippen molar-refractivity contribution >= 4 is 46.5 Å². The molecule has 34 heavy (non-hydrogen) atoms. The van der Waals surface area contributed by atoms with Gasteiger partial charge in [0, 0.05) is 6.54 Å². The molecule has 1 N–H and O–H groups in total. The van der Waals surface area contributed by atoms with Crippen molar-refractivity contribution in [2.75, 3.05) is 26.9 Å². The quantitative estimate of drug-likeness (QED) is 0.420. The molecule has 0 saturated carbocycles. The Hall–Kier alpha value is -3.79. The first-order valence-electron chi connectivity index (χ1n) is 10.5. The zero-order chi connectivity index (χ0) is 24.7. The standard InChI is InChI=1S/C24H24N2O7S/c1-4-26-22(29)20(34-24(26)25-17-9-7-16(8-10-17)23(30)31-3)13-15-6-11-18(33-14-21(27)28)19(12-15)32-5-2/h6-13H,4-5,14H2,1-3H3,(H,27,28)/b20-13+,25-24?. The number of benzene rings is 2. The molecule has 1 aliphatic heterocycles. The number of aliphatic carboxylic acids is 1. The van der Waals surface area contributed by atoms with Crippen LogP contribution >= 0.6 is 11.8 Å². The second kappa shape index (κ2) is 11.4. The van der Waals surface area contributed by atoms with Crippen LogP contribution < -0.4 is 9.47 Å². The predicted octanol–water partition coefficient (Wildman–Crippen LogP) is 3.96. The lowest BCUT2D eigenvalue weighted by Crippen LogP contribution is -2.28. The van der Waals surface area contributed by atoms with Gasteiger partial charge in [0.2, 0.25) is 0 Å². The van der Waals surface area contributed by atoms with E-state index in [0.717, 1.165) is 0 Å². The Bertz CT molecular complexity index is 1140. The van der Waals surface area contributed by atoms with E-state index in [0.29, 0.717) is 51.5 Å². The summed E-state index contributed by atoms with van der Waals surface area (Å²) >= 11 is 1.24. The van der Waals surface area contributed by atoms with E-state index in [9.17, 15) is 14.4 Å². The van der Waals surface area contributed by atoms with Crippen LogP contribution in [-0.4, -0.2) is 59.9 Å². The van der Waals surface area contributed by atoms with Gasteiger partial charge in [-0.05, 0) is 73.6 Å². The summed E-state index contributed by atoms with van der Waals surface area (Å²) in [6.07, 6.45) is 1.72. The summed E-state index contributed by atoms with van der Waals surface area (Å²) in [4.78, 5) is 42.0. The Morgan fingerprint density at radius 3 is 2.44 bits per heavy atom. The lowest BCUT2D eigenvalue weighted by Gasteiger charge is -2.12. The Labute approximate surface area is 201 Å². The zero-order valence-electron chi connectivity index (χ0n) is 18.9. The molecule has 1 amide bonds. The molecule has 1 saturated heterocycles. The van der Waals surface area contributed by atoms with Crippen LogP contribution in [0.5, 0.6) is 11.5 Å². The van der Waals surface area contributed by atoms with Crippen LogP contribution in [0.25, 0.3) is 6.08 Å². The van der Waals surface area contributed by atoms with E-state index in [4.69, 9.17) is 19.3 Å². The van der Waals surface area contributed by atoms with Crippen molar-refractivity contribution in [3.8, 4) is 11.5 Å². The number of carbonyl (C=O) groups is 3. The van der Waals surface area contributed by atoms with Gasteiger partial charge in [-0.2, -0.15) is 0 Å². The molecule has 0 spiro atoms. The molecule has 178 valence electrons. The monoisotopic (exact) mass is 484 g/mol. The fourth-order valence-corrected chi connectivity index (χ4v) is 4.13. The van der Waals surface area contributed by atoms with Gasteiger partial charge in [-0.1, -0.05) is 6.07 Å². The molecule has 0 aliphatic carbocycles. The number of ether oxygens (including phenoxy) is 3. The minimum absolute atomic E-state index is 0.179. The second-order valence-electron chi connectivity index (χ2n) is 6.91. The van der Waals surface area contributed by atoms with Gasteiger partial charge < -0.3 is 19.3 Å². The number of thioether (sulfide) groups is 1. The molecule has 0 bridgehead atoms. The Morgan fingerprint density at radius 2 is 1.82 bits per heavy atom. The van der Waals surface area contributed by atoms with Crippen LogP contribution in [0.1, 0.15) is 29.8 Å². The van der Waals surface area contributed by atoms with E-state index >= 15 is 0 Å². The third kappa shape index (κ3) is 5.96. The van der Waals surface area contributed by atoms with Crippen LogP contribution in [-0.2, 0) is 14.3 Å². The van der Waals surface area contributed by atoms with Crippen LogP contribution in [0.3, 0.4) is 0 Å². The summed E-state index contributed by atoms with van der Waals surface area (Å²) in [7, 11) is 1.32. The number of amidine groups is 1. The second-order valence-corrected chi connectivity index (χ2v) is 7.92.